The van der Waals surface area contributed by atoms with E-state index in [1.165, 1.54) is 23.0 Å². The van der Waals surface area contributed by atoms with Gasteiger partial charge in [-0.15, -0.1) is 0 Å². The van der Waals surface area contributed by atoms with E-state index in [9.17, 15) is 10.1 Å². The number of ether oxygens (including phenoxy) is 2. The Morgan fingerprint density at radius 2 is 2.00 bits per heavy atom. The normalized spacial score (nSPS) is 10.9. The summed E-state index contributed by atoms with van der Waals surface area (Å²) in [5.74, 6) is 1.59. The predicted molar refractivity (Wildman–Crippen MR) is 102 cm³/mol. The second-order valence-electron chi connectivity index (χ2n) is 5.33. The van der Waals surface area contributed by atoms with E-state index in [-0.39, 0.29) is 10.5 Å². The lowest BCUT2D eigenvalue weighted by Crippen LogP contribution is -1.97. The number of nitro benzene ring substituents is 1. The van der Waals surface area contributed by atoms with Crippen molar-refractivity contribution in [3.8, 4) is 22.9 Å². The molecule has 1 heterocycles. The zero-order chi connectivity index (χ0) is 19.4. The number of hydrogen-bond donors (Lipinski definition) is 1. The molecular weight excluding hydrogens is 370 g/mol. The monoisotopic (exact) mass is 385 g/mol. The van der Waals surface area contributed by atoms with Crippen molar-refractivity contribution in [2.45, 2.75) is 0 Å². The first-order valence-electron chi connectivity index (χ1n) is 7.72. The summed E-state index contributed by atoms with van der Waals surface area (Å²) in [5.41, 5.74) is 1.25. The number of nitro groups is 1. The molecule has 9 nitrogen and oxygen atoms in total. The van der Waals surface area contributed by atoms with Crippen molar-refractivity contribution in [2.75, 3.05) is 14.2 Å². The Morgan fingerprint density at radius 1 is 1.22 bits per heavy atom. The summed E-state index contributed by atoms with van der Waals surface area (Å²) < 4.78 is 12.2. The van der Waals surface area contributed by atoms with Crippen molar-refractivity contribution in [1.29, 1.82) is 0 Å². The van der Waals surface area contributed by atoms with Crippen LogP contribution in [0.15, 0.2) is 47.6 Å². The lowest BCUT2D eigenvalue weighted by molar-refractivity contribution is -0.384. The number of benzene rings is 2. The zero-order valence-corrected chi connectivity index (χ0v) is 15.3. The summed E-state index contributed by atoms with van der Waals surface area (Å²) in [6, 6.07) is 11.4. The van der Waals surface area contributed by atoms with E-state index >= 15 is 0 Å². The van der Waals surface area contributed by atoms with Gasteiger partial charge in [-0.3, -0.25) is 10.1 Å². The molecule has 1 aromatic heterocycles. The van der Waals surface area contributed by atoms with Crippen molar-refractivity contribution < 1.29 is 14.4 Å². The average Bonchev–Trinajstić information content (AvgIpc) is 3.06. The molecule has 0 saturated heterocycles. The van der Waals surface area contributed by atoms with E-state index in [1.807, 2.05) is 0 Å². The molecule has 0 bridgehead atoms. The number of nitrogens with zero attached hydrogens (tertiary/aromatic N) is 4. The molecule has 3 rings (SSSR count). The minimum absolute atomic E-state index is 0.0187. The highest BCUT2D eigenvalue weighted by atomic mass is 32.1. The van der Waals surface area contributed by atoms with Crippen LogP contribution in [0.5, 0.6) is 11.5 Å². The summed E-state index contributed by atoms with van der Waals surface area (Å²) >= 11 is 5.23. The van der Waals surface area contributed by atoms with Gasteiger partial charge in [-0.1, -0.05) is 12.1 Å². The third kappa shape index (κ3) is 3.85. The molecule has 0 unspecified atom stereocenters. The summed E-state index contributed by atoms with van der Waals surface area (Å²) in [6.07, 6.45) is 1.47. The third-order valence-electron chi connectivity index (χ3n) is 3.70. The Labute approximate surface area is 159 Å². The van der Waals surface area contributed by atoms with Gasteiger partial charge in [-0.2, -0.15) is 14.9 Å². The van der Waals surface area contributed by atoms with E-state index in [0.29, 0.717) is 28.5 Å². The first kappa shape index (κ1) is 18.3. The number of rotatable bonds is 6. The van der Waals surface area contributed by atoms with E-state index < -0.39 is 4.92 Å². The molecule has 138 valence electrons. The number of H-pyrrole nitrogens is 1. The van der Waals surface area contributed by atoms with Gasteiger partial charge in [-0.25, -0.2) is 5.10 Å². The SMILES string of the molecule is COc1ccc(-c2n[nH]c(=S)n2/N=C/c2cccc([N+](=O)[O-])c2)cc1OC. The number of non-ortho nitro benzene ring substituents is 1. The minimum atomic E-state index is -0.462. The smallest absolute Gasteiger partial charge is 0.270 e. The summed E-state index contributed by atoms with van der Waals surface area (Å²) in [4.78, 5) is 10.4. The van der Waals surface area contributed by atoms with Crippen LogP contribution in [0.3, 0.4) is 0 Å². The Kier molecular flexibility index (Phi) is 5.27. The molecule has 0 spiro atoms. The molecule has 0 atom stereocenters. The van der Waals surface area contributed by atoms with Gasteiger partial charge in [0.2, 0.25) is 4.77 Å². The summed E-state index contributed by atoms with van der Waals surface area (Å²) in [7, 11) is 3.09. The van der Waals surface area contributed by atoms with Crippen LogP contribution in [0.1, 0.15) is 5.56 Å². The van der Waals surface area contributed by atoms with Crippen LogP contribution in [-0.4, -0.2) is 40.2 Å². The highest BCUT2D eigenvalue weighted by molar-refractivity contribution is 7.71. The Balaban J connectivity index is 2.00. The fraction of sp³-hybridized carbons (Fsp3) is 0.118. The molecule has 0 aliphatic heterocycles. The van der Waals surface area contributed by atoms with E-state index in [0.717, 1.165) is 0 Å². The highest BCUT2D eigenvalue weighted by Gasteiger charge is 2.12. The topological polar surface area (TPSA) is 108 Å². The molecule has 10 heteroatoms. The van der Waals surface area contributed by atoms with Crippen molar-refractivity contribution in [3.63, 3.8) is 0 Å². The van der Waals surface area contributed by atoms with Crippen LogP contribution in [0.2, 0.25) is 0 Å². The molecule has 0 radical (unpaired) electrons. The van der Waals surface area contributed by atoms with Gasteiger partial charge >= 0.3 is 0 Å². The summed E-state index contributed by atoms with van der Waals surface area (Å²) in [6.45, 7) is 0. The van der Waals surface area contributed by atoms with Crippen LogP contribution in [-0.2, 0) is 0 Å². The first-order valence-corrected chi connectivity index (χ1v) is 8.13. The van der Waals surface area contributed by atoms with Gasteiger partial charge in [-0.05, 0) is 30.4 Å². The molecule has 0 fully saturated rings. The first-order chi connectivity index (χ1) is 13.0. The molecular formula is C17H15N5O4S. The van der Waals surface area contributed by atoms with E-state index in [1.54, 1.807) is 44.6 Å². The molecule has 2 aromatic carbocycles. The predicted octanol–water partition coefficient (Wildman–Crippen LogP) is 3.42. The number of methoxy groups -OCH3 is 2. The van der Waals surface area contributed by atoms with Gasteiger partial charge in [0.15, 0.2) is 17.3 Å². The van der Waals surface area contributed by atoms with Crippen molar-refractivity contribution in [3.05, 3.63) is 62.9 Å². The molecule has 0 amide bonds. The van der Waals surface area contributed by atoms with E-state index in [2.05, 4.69) is 15.3 Å². The maximum Gasteiger partial charge on any atom is 0.270 e. The fourth-order valence-corrected chi connectivity index (χ4v) is 2.58. The number of hydrogen-bond acceptors (Lipinski definition) is 7. The van der Waals surface area contributed by atoms with E-state index in [4.69, 9.17) is 21.7 Å². The average molecular weight is 385 g/mol. The maximum atomic E-state index is 10.9. The highest BCUT2D eigenvalue weighted by Crippen LogP contribution is 2.31. The maximum absolute atomic E-state index is 10.9. The standard InChI is InChI=1S/C17H15N5O4S/c1-25-14-7-6-12(9-15(14)26-2)16-19-20-17(27)21(16)18-10-11-4-3-5-13(8-11)22(23)24/h3-10H,1-2H3,(H,20,27)/b18-10+. The van der Waals surface area contributed by atoms with Gasteiger partial charge in [0.1, 0.15) is 0 Å². The lowest BCUT2D eigenvalue weighted by Gasteiger charge is -2.09. The van der Waals surface area contributed by atoms with Crippen LogP contribution in [0, 0.1) is 14.9 Å². The van der Waals surface area contributed by atoms with Gasteiger partial charge in [0.25, 0.3) is 5.69 Å². The lowest BCUT2D eigenvalue weighted by atomic mass is 10.2. The van der Waals surface area contributed by atoms with Crippen LogP contribution < -0.4 is 9.47 Å². The fourth-order valence-electron chi connectivity index (χ4n) is 2.40. The van der Waals surface area contributed by atoms with Crippen molar-refractivity contribution >= 4 is 24.1 Å². The molecule has 1 N–H and O–H groups in total. The number of aromatic nitrogens is 3. The van der Waals surface area contributed by atoms with Crippen molar-refractivity contribution in [2.24, 2.45) is 5.10 Å². The molecule has 3 aromatic rings. The van der Waals surface area contributed by atoms with Crippen LogP contribution >= 0.6 is 12.2 Å². The molecule has 0 aliphatic carbocycles. The zero-order valence-electron chi connectivity index (χ0n) is 14.4. The number of nitrogens with one attached hydrogen (secondary N) is 1. The second kappa shape index (κ2) is 7.79. The number of aromatic amines is 1. The second-order valence-corrected chi connectivity index (χ2v) is 5.72. The van der Waals surface area contributed by atoms with Crippen molar-refractivity contribution in [1.82, 2.24) is 14.9 Å². The quantitative estimate of drug-likeness (QED) is 0.301. The Bertz CT molecular complexity index is 1070. The van der Waals surface area contributed by atoms with Crippen LogP contribution in [0.4, 0.5) is 5.69 Å². The Morgan fingerprint density at radius 3 is 2.70 bits per heavy atom. The van der Waals surface area contributed by atoms with Gasteiger partial charge in [0, 0.05) is 23.3 Å². The largest absolute Gasteiger partial charge is 0.493 e. The van der Waals surface area contributed by atoms with Gasteiger partial charge < -0.3 is 9.47 Å². The molecule has 27 heavy (non-hydrogen) atoms. The minimum Gasteiger partial charge on any atom is -0.493 e. The molecule has 0 saturated carbocycles. The van der Waals surface area contributed by atoms with Gasteiger partial charge in [0.05, 0.1) is 25.4 Å². The molecule has 0 aliphatic rings. The Hall–Kier alpha value is -3.53. The third-order valence-corrected chi connectivity index (χ3v) is 3.96. The summed E-state index contributed by atoms with van der Waals surface area (Å²) in [5, 5.41) is 22.1. The van der Waals surface area contributed by atoms with Crippen LogP contribution in [0.25, 0.3) is 11.4 Å².